The van der Waals surface area contributed by atoms with Gasteiger partial charge in [0, 0.05) is 43.9 Å². The Kier molecular flexibility index (Phi) is 7.78. The number of hydrogen-bond donors (Lipinski definition) is 0. The van der Waals surface area contributed by atoms with Crippen LogP contribution in [0.5, 0.6) is 0 Å². The summed E-state index contributed by atoms with van der Waals surface area (Å²) in [5, 5.41) is 0. The first kappa shape index (κ1) is 21.5. The standard InChI is InChI=1S/C24H32FN3O/c1-26(2)15-16-28(24(29)21-10-4-3-5-11-21)18-20-9-8-14-27(17-20)19-22-12-6-7-13-23(22)25/h3-7,10-13,20H,8-9,14-19H2,1-2H3. The molecule has 1 amide bonds. The van der Waals surface area contributed by atoms with Gasteiger partial charge in [0.05, 0.1) is 0 Å². The summed E-state index contributed by atoms with van der Waals surface area (Å²) < 4.78 is 14.0. The summed E-state index contributed by atoms with van der Waals surface area (Å²) >= 11 is 0. The minimum Gasteiger partial charge on any atom is -0.337 e. The van der Waals surface area contributed by atoms with Gasteiger partial charge in [-0.2, -0.15) is 0 Å². The third-order valence-electron chi connectivity index (χ3n) is 5.56. The molecule has 0 radical (unpaired) electrons. The van der Waals surface area contributed by atoms with Crippen LogP contribution in [-0.4, -0.2) is 67.4 Å². The Balaban J connectivity index is 1.64. The zero-order chi connectivity index (χ0) is 20.6. The maximum atomic E-state index is 14.0. The van der Waals surface area contributed by atoms with Gasteiger partial charge >= 0.3 is 0 Å². The summed E-state index contributed by atoms with van der Waals surface area (Å²) in [6.45, 7) is 4.81. The summed E-state index contributed by atoms with van der Waals surface area (Å²) in [6.07, 6.45) is 2.19. The molecule has 1 fully saturated rings. The highest BCUT2D eigenvalue weighted by Crippen LogP contribution is 2.21. The Hall–Kier alpha value is -2.24. The van der Waals surface area contributed by atoms with Gasteiger partial charge in [0.2, 0.25) is 0 Å². The predicted octanol–water partition coefficient (Wildman–Crippen LogP) is 3.74. The number of likely N-dealkylation sites (N-methyl/N-ethyl adjacent to an activating group) is 1. The monoisotopic (exact) mass is 397 g/mol. The van der Waals surface area contributed by atoms with Crippen molar-refractivity contribution >= 4 is 5.91 Å². The summed E-state index contributed by atoms with van der Waals surface area (Å²) in [5.41, 5.74) is 1.49. The van der Waals surface area contributed by atoms with E-state index in [1.807, 2.05) is 61.5 Å². The summed E-state index contributed by atoms with van der Waals surface area (Å²) in [4.78, 5) is 19.5. The van der Waals surface area contributed by atoms with E-state index in [0.717, 1.165) is 50.1 Å². The van der Waals surface area contributed by atoms with Gasteiger partial charge in [0.25, 0.3) is 5.91 Å². The molecular weight excluding hydrogens is 365 g/mol. The molecule has 1 unspecified atom stereocenters. The van der Waals surface area contributed by atoms with Crippen LogP contribution in [0.15, 0.2) is 54.6 Å². The van der Waals surface area contributed by atoms with E-state index in [9.17, 15) is 9.18 Å². The van der Waals surface area contributed by atoms with Crippen molar-refractivity contribution in [2.75, 3.05) is 46.8 Å². The van der Waals surface area contributed by atoms with Gasteiger partial charge in [0.1, 0.15) is 5.82 Å². The molecule has 0 N–H and O–H groups in total. The van der Waals surface area contributed by atoms with E-state index < -0.39 is 0 Å². The van der Waals surface area contributed by atoms with E-state index >= 15 is 0 Å². The number of halogens is 1. The Bertz CT molecular complexity index is 781. The lowest BCUT2D eigenvalue weighted by Crippen LogP contribution is -2.44. The second kappa shape index (κ2) is 10.5. The number of likely N-dealkylation sites (tertiary alicyclic amines) is 1. The van der Waals surface area contributed by atoms with Crippen LogP contribution in [0.25, 0.3) is 0 Å². The number of hydrogen-bond acceptors (Lipinski definition) is 3. The second-order valence-electron chi connectivity index (χ2n) is 8.26. The lowest BCUT2D eigenvalue weighted by atomic mass is 9.96. The van der Waals surface area contributed by atoms with Crippen molar-refractivity contribution in [1.29, 1.82) is 0 Å². The number of rotatable bonds is 8. The number of carbonyl (C=O) groups is 1. The van der Waals surface area contributed by atoms with E-state index in [1.165, 1.54) is 6.07 Å². The van der Waals surface area contributed by atoms with Gasteiger partial charge in [-0.1, -0.05) is 36.4 Å². The van der Waals surface area contributed by atoms with Crippen LogP contribution in [-0.2, 0) is 6.54 Å². The molecular formula is C24H32FN3O. The minimum absolute atomic E-state index is 0.0960. The van der Waals surface area contributed by atoms with Crippen LogP contribution in [0.3, 0.4) is 0 Å². The lowest BCUT2D eigenvalue weighted by Gasteiger charge is -2.36. The quantitative estimate of drug-likeness (QED) is 0.679. The first-order valence-corrected chi connectivity index (χ1v) is 10.5. The van der Waals surface area contributed by atoms with Gasteiger partial charge < -0.3 is 9.80 Å². The van der Waals surface area contributed by atoms with E-state index in [0.29, 0.717) is 19.0 Å². The number of piperidine rings is 1. The van der Waals surface area contributed by atoms with Crippen molar-refractivity contribution < 1.29 is 9.18 Å². The summed E-state index contributed by atoms with van der Waals surface area (Å²) in [5.74, 6) is 0.366. The number of carbonyl (C=O) groups excluding carboxylic acids is 1. The Morgan fingerprint density at radius 2 is 1.79 bits per heavy atom. The zero-order valence-corrected chi connectivity index (χ0v) is 17.6. The van der Waals surface area contributed by atoms with Crippen LogP contribution in [0.4, 0.5) is 4.39 Å². The van der Waals surface area contributed by atoms with Crippen molar-refractivity contribution in [3.05, 3.63) is 71.5 Å². The van der Waals surface area contributed by atoms with Crippen LogP contribution >= 0.6 is 0 Å². The first-order chi connectivity index (χ1) is 14.0. The normalized spacial score (nSPS) is 17.4. The van der Waals surface area contributed by atoms with Crippen molar-refractivity contribution in [2.45, 2.75) is 19.4 Å². The highest BCUT2D eigenvalue weighted by Gasteiger charge is 2.25. The lowest BCUT2D eigenvalue weighted by molar-refractivity contribution is 0.0660. The predicted molar refractivity (Wildman–Crippen MR) is 115 cm³/mol. The Labute approximate surface area is 173 Å². The van der Waals surface area contributed by atoms with Gasteiger partial charge in [-0.05, 0) is 57.6 Å². The van der Waals surface area contributed by atoms with Gasteiger partial charge in [0.15, 0.2) is 0 Å². The number of amides is 1. The maximum absolute atomic E-state index is 14.0. The molecule has 5 heteroatoms. The molecule has 29 heavy (non-hydrogen) atoms. The van der Waals surface area contributed by atoms with Gasteiger partial charge in [-0.3, -0.25) is 9.69 Å². The van der Waals surface area contributed by atoms with Crippen molar-refractivity contribution in [3.8, 4) is 0 Å². The van der Waals surface area contributed by atoms with Crippen LogP contribution in [0.2, 0.25) is 0 Å². The first-order valence-electron chi connectivity index (χ1n) is 10.5. The molecule has 3 rings (SSSR count). The largest absolute Gasteiger partial charge is 0.337 e. The summed E-state index contributed by atoms with van der Waals surface area (Å²) in [7, 11) is 4.06. The van der Waals surface area contributed by atoms with Gasteiger partial charge in [-0.15, -0.1) is 0 Å². The van der Waals surface area contributed by atoms with E-state index in [1.54, 1.807) is 6.07 Å². The fourth-order valence-electron chi connectivity index (χ4n) is 3.98. The Morgan fingerprint density at radius 1 is 1.07 bits per heavy atom. The fraction of sp³-hybridized carbons (Fsp3) is 0.458. The molecule has 0 bridgehead atoms. The average Bonchev–Trinajstić information content (AvgIpc) is 2.73. The molecule has 0 saturated carbocycles. The van der Waals surface area contributed by atoms with Crippen LogP contribution < -0.4 is 0 Å². The molecule has 1 atom stereocenters. The topological polar surface area (TPSA) is 26.8 Å². The molecule has 1 heterocycles. The van der Waals surface area contributed by atoms with Crippen molar-refractivity contribution in [1.82, 2.24) is 14.7 Å². The molecule has 1 aliphatic rings. The highest BCUT2D eigenvalue weighted by molar-refractivity contribution is 5.94. The van der Waals surface area contributed by atoms with Crippen molar-refractivity contribution in [2.24, 2.45) is 5.92 Å². The number of nitrogens with zero attached hydrogens (tertiary/aromatic N) is 3. The molecule has 2 aromatic rings. The zero-order valence-electron chi connectivity index (χ0n) is 17.6. The molecule has 1 aliphatic heterocycles. The maximum Gasteiger partial charge on any atom is 0.253 e. The molecule has 1 saturated heterocycles. The molecule has 156 valence electrons. The van der Waals surface area contributed by atoms with Crippen LogP contribution in [0.1, 0.15) is 28.8 Å². The van der Waals surface area contributed by atoms with E-state index in [-0.39, 0.29) is 11.7 Å². The van der Waals surface area contributed by atoms with E-state index in [2.05, 4.69) is 9.80 Å². The molecule has 4 nitrogen and oxygen atoms in total. The average molecular weight is 398 g/mol. The van der Waals surface area contributed by atoms with Crippen LogP contribution in [0, 0.1) is 11.7 Å². The third kappa shape index (κ3) is 6.38. The smallest absolute Gasteiger partial charge is 0.253 e. The minimum atomic E-state index is -0.138. The molecule has 0 aromatic heterocycles. The van der Waals surface area contributed by atoms with Crippen molar-refractivity contribution in [3.63, 3.8) is 0 Å². The highest BCUT2D eigenvalue weighted by atomic mass is 19.1. The SMILES string of the molecule is CN(C)CCN(CC1CCCN(Cc2ccccc2F)C1)C(=O)c1ccccc1. The Morgan fingerprint density at radius 3 is 2.52 bits per heavy atom. The number of benzene rings is 2. The third-order valence-corrected chi connectivity index (χ3v) is 5.56. The fourth-order valence-corrected chi connectivity index (χ4v) is 3.98. The van der Waals surface area contributed by atoms with Gasteiger partial charge in [-0.25, -0.2) is 4.39 Å². The second-order valence-corrected chi connectivity index (χ2v) is 8.26. The molecule has 0 aliphatic carbocycles. The summed E-state index contributed by atoms with van der Waals surface area (Å²) in [6, 6.07) is 16.5. The molecule has 2 aromatic carbocycles. The van der Waals surface area contributed by atoms with E-state index in [4.69, 9.17) is 0 Å². The molecule has 0 spiro atoms.